The molecule has 2 fully saturated rings. The molecule has 2 rings (SSSR count). The van der Waals surface area contributed by atoms with Crippen molar-refractivity contribution in [1.82, 2.24) is 5.32 Å². The molecule has 4 nitrogen and oxygen atoms in total. The number of carbonyl (C=O) groups excluding carboxylic acids is 1. The molecular formula is C14H26N2O2. The first-order valence-electron chi connectivity index (χ1n) is 7.16. The zero-order valence-electron chi connectivity index (χ0n) is 11.6. The molecular weight excluding hydrogens is 228 g/mol. The van der Waals surface area contributed by atoms with E-state index in [9.17, 15) is 4.79 Å². The Balaban J connectivity index is 1.83. The van der Waals surface area contributed by atoms with Gasteiger partial charge < -0.3 is 15.8 Å². The van der Waals surface area contributed by atoms with Crippen molar-refractivity contribution in [2.75, 3.05) is 6.61 Å². The summed E-state index contributed by atoms with van der Waals surface area (Å²) >= 11 is 0. The Morgan fingerprint density at radius 1 is 1.33 bits per heavy atom. The van der Waals surface area contributed by atoms with Crippen LogP contribution in [-0.4, -0.2) is 30.2 Å². The summed E-state index contributed by atoms with van der Waals surface area (Å²) < 4.78 is 5.67. The van der Waals surface area contributed by atoms with Crippen molar-refractivity contribution in [2.24, 2.45) is 11.7 Å². The fourth-order valence-corrected chi connectivity index (χ4v) is 3.14. The smallest absolute Gasteiger partial charge is 0.223 e. The van der Waals surface area contributed by atoms with Crippen LogP contribution in [0.25, 0.3) is 0 Å². The van der Waals surface area contributed by atoms with Gasteiger partial charge in [-0.1, -0.05) is 6.42 Å². The highest BCUT2D eigenvalue weighted by molar-refractivity contribution is 5.79. The van der Waals surface area contributed by atoms with Crippen LogP contribution in [0.2, 0.25) is 0 Å². The Morgan fingerprint density at radius 2 is 2.11 bits per heavy atom. The van der Waals surface area contributed by atoms with Crippen LogP contribution in [0.4, 0.5) is 0 Å². The van der Waals surface area contributed by atoms with Gasteiger partial charge in [0.25, 0.3) is 0 Å². The van der Waals surface area contributed by atoms with Crippen molar-refractivity contribution in [1.29, 1.82) is 0 Å². The van der Waals surface area contributed by atoms with E-state index in [-0.39, 0.29) is 29.5 Å². The molecule has 0 aromatic heterocycles. The first-order chi connectivity index (χ1) is 8.46. The van der Waals surface area contributed by atoms with Crippen LogP contribution in [-0.2, 0) is 9.53 Å². The van der Waals surface area contributed by atoms with E-state index in [1.165, 1.54) is 0 Å². The second-order valence-corrected chi connectivity index (χ2v) is 6.43. The Morgan fingerprint density at radius 3 is 2.78 bits per heavy atom. The summed E-state index contributed by atoms with van der Waals surface area (Å²) in [6.45, 7) is 4.91. The Kier molecular flexibility index (Phi) is 4.28. The molecule has 0 bridgehead atoms. The normalized spacial score (nSPS) is 36.1. The molecule has 1 aliphatic heterocycles. The fourth-order valence-electron chi connectivity index (χ4n) is 3.14. The van der Waals surface area contributed by atoms with Crippen molar-refractivity contribution >= 4 is 5.91 Å². The molecule has 4 heteroatoms. The van der Waals surface area contributed by atoms with E-state index in [2.05, 4.69) is 19.2 Å². The molecule has 1 heterocycles. The molecule has 0 aromatic carbocycles. The third-order valence-corrected chi connectivity index (χ3v) is 4.13. The zero-order valence-corrected chi connectivity index (χ0v) is 11.6. The third kappa shape index (κ3) is 3.69. The number of amides is 1. The van der Waals surface area contributed by atoms with Crippen molar-refractivity contribution < 1.29 is 9.53 Å². The molecule has 3 atom stereocenters. The van der Waals surface area contributed by atoms with Crippen LogP contribution in [0, 0.1) is 5.92 Å². The van der Waals surface area contributed by atoms with Gasteiger partial charge in [-0.2, -0.15) is 0 Å². The summed E-state index contributed by atoms with van der Waals surface area (Å²) in [5, 5.41) is 3.19. The lowest BCUT2D eigenvalue weighted by Crippen LogP contribution is -2.48. The van der Waals surface area contributed by atoms with Gasteiger partial charge in [0.15, 0.2) is 0 Å². The summed E-state index contributed by atoms with van der Waals surface area (Å²) in [7, 11) is 0. The quantitative estimate of drug-likeness (QED) is 0.786. The maximum atomic E-state index is 12.2. The first-order valence-corrected chi connectivity index (χ1v) is 7.16. The SMILES string of the molecule is CC1(C)CC(NC(=O)C2CCCC(N)C2)CCO1. The van der Waals surface area contributed by atoms with E-state index in [1.807, 2.05) is 0 Å². The monoisotopic (exact) mass is 254 g/mol. The molecule has 1 saturated heterocycles. The largest absolute Gasteiger partial charge is 0.375 e. The van der Waals surface area contributed by atoms with Crippen LogP contribution in [0.1, 0.15) is 52.4 Å². The number of carbonyl (C=O) groups is 1. The summed E-state index contributed by atoms with van der Waals surface area (Å²) in [6.07, 6.45) is 5.81. The summed E-state index contributed by atoms with van der Waals surface area (Å²) in [4.78, 5) is 12.2. The van der Waals surface area contributed by atoms with Gasteiger partial charge in [0.2, 0.25) is 5.91 Å². The topological polar surface area (TPSA) is 64.4 Å². The zero-order chi connectivity index (χ0) is 13.2. The number of hydrogen-bond acceptors (Lipinski definition) is 3. The highest BCUT2D eigenvalue weighted by Crippen LogP contribution is 2.26. The van der Waals surface area contributed by atoms with Crippen LogP contribution in [0.15, 0.2) is 0 Å². The molecule has 104 valence electrons. The Hall–Kier alpha value is -0.610. The summed E-state index contributed by atoms with van der Waals surface area (Å²) in [6, 6.07) is 0.472. The fraction of sp³-hybridized carbons (Fsp3) is 0.929. The average Bonchev–Trinajstić information content (AvgIpc) is 2.27. The minimum Gasteiger partial charge on any atom is -0.375 e. The maximum absolute atomic E-state index is 12.2. The number of hydrogen-bond donors (Lipinski definition) is 2. The Labute approximate surface area is 110 Å². The predicted molar refractivity (Wildman–Crippen MR) is 71.1 cm³/mol. The summed E-state index contributed by atoms with van der Waals surface area (Å²) in [5.74, 6) is 0.326. The van der Waals surface area contributed by atoms with E-state index in [4.69, 9.17) is 10.5 Å². The lowest BCUT2D eigenvalue weighted by Gasteiger charge is -2.37. The highest BCUT2D eigenvalue weighted by Gasteiger charge is 2.32. The van der Waals surface area contributed by atoms with Crippen molar-refractivity contribution in [3.05, 3.63) is 0 Å². The van der Waals surface area contributed by atoms with Crippen LogP contribution in [0.3, 0.4) is 0 Å². The molecule has 2 aliphatic rings. The Bertz CT molecular complexity index is 304. The molecule has 1 saturated carbocycles. The highest BCUT2D eigenvalue weighted by atomic mass is 16.5. The molecule has 1 aliphatic carbocycles. The lowest BCUT2D eigenvalue weighted by atomic mass is 9.85. The second-order valence-electron chi connectivity index (χ2n) is 6.43. The van der Waals surface area contributed by atoms with E-state index in [0.717, 1.165) is 45.1 Å². The number of nitrogens with one attached hydrogen (secondary N) is 1. The predicted octanol–water partition coefficient (Wildman–Crippen LogP) is 1.58. The van der Waals surface area contributed by atoms with Gasteiger partial charge in [0.1, 0.15) is 0 Å². The standard InChI is InChI=1S/C14H26N2O2/c1-14(2)9-12(6-7-18-14)16-13(17)10-4-3-5-11(15)8-10/h10-12H,3-9,15H2,1-2H3,(H,16,17). The number of rotatable bonds is 2. The van der Waals surface area contributed by atoms with E-state index in [1.54, 1.807) is 0 Å². The van der Waals surface area contributed by atoms with E-state index in [0.29, 0.717) is 0 Å². The van der Waals surface area contributed by atoms with E-state index >= 15 is 0 Å². The molecule has 3 unspecified atom stereocenters. The third-order valence-electron chi connectivity index (χ3n) is 4.13. The van der Waals surface area contributed by atoms with Gasteiger partial charge in [0.05, 0.1) is 5.60 Å². The first kappa shape index (κ1) is 13.8. The van der Waals surface area contributed by atoms with Gasteiger partial charge in [-0.05, 0) is 46.0 Å². The maximum Gasteiger partial charge on any atom is 0.223 e. The van der Waals surface area contributed by atoms with Crippen molar-refractivity contribution in [2.45, 2.75) is 70.1 Å². The van der Waals surface area contributed by atoms with Crippen molar-refractivity contribution in [3.63, 3.8) is 0 Å². The van der Waals surface area contributed by atoms with E-state index < -0.39 is 0 Å². The van der Waals surface area contributed by atoms with Crippen LogP contribution < -0.4 is 11.1 Å². The second kappa shape index (κ2) is 5.57. The molecule has 1 amide bonds. The van der Waals surface area contributed by atoms with Gasteiger partial charge in [-0.25, -0.2) is 0 Å². The summed E-state index contributed by atoms with van der Waals surface area (Å²) in [5.41, 5.74) is 5.83. The van der Waals surface area contributed by atoms with Crippen LogP contribution >= 0.6 is 0 Å². The van der Waals surface area contributed by atoms with Gasteiger partial charge in [-0.15, -0.1) is 0 Å². The molecule has 3 N–H and O–H groups in total. The van der Waals surface area contributed by atoms with Gasteiger partial charge in [0, 0.05) is 24.6 Å². The average molecular weight is 254 g/mol. The minimum absolute atomic E-state index is 0.112. The minimum atomic E-state index is -0.112. The number of ether oxygens (including phenoxy) is 1. The molecule has 0 radical (unpaired) electrons. The van der Waals surface area contributed by atoms with Crippen molar-refractivity contribution in [3.8, 4) is 0 Å². The van der Waals surface area contributed by atoms with Gasteiger partial charge >= 0.3 is 0 Å². The van der Waals surface area contributed by atoms with Gasteiger partial charge in [-0.3, -0.25) is 4.79 Å². The molecule has 18 heavy (non-hydrogen) atoms. The van der Waals surface area contributed by atoms with Crippen LogP contribution in [0.5, 0.6) is 0 Å². The lowest BCUT2D eigenvalue weighted by molar-refractivity contribution is -0.129. The molecule has 0 spiro atoms. The number of nitrogens with two attached hydrogens (primary N) is 1. The molecule has 0 aromatic rings.